The number of ether oxygens (including phenoxy) is 3. The van der Waals surface area contributed by atoms with Crippen LogP contribution in [0.3, 0.4) is 0 Å². The Morgan fingerprint density at radius 1 is 0.917 bits per heavy atom. The third kappa shape index (κ3) is 3.67. The molecule has 0 radical (unpaired) electrons. The first-order valence-corrected chi connectivity index (χ1v) is 6.69. The summed E-state index contributed by atoms with van der Waals surface area (Å²) in [5.74, 6) is -1.01. The van der Waals surface area contributed by atoms with Gasteiger partial charge in [0, 0.05) is 6.07 Å². The molecule has 8 heteroatoms. The number of nitro groups is 1. The molecular weight excluding hydrogens is 318 g/mol. The topological polar surface area (TPSA) is 105 Å². The molecule has 0 aliphatic rings. The number of rotatable bonds is 5. The van der Waals surface area contributed by atoms with Crippen molar-refractivity contribution in [2.75, 3.05) is 14.2 Å². The van der Waals surface area contributed by atoms with Gasteiger partial charge < -0.3 is 14.2 Å². The SMILES string of the molecule is COC(=O)c1ccc(Oc2cccc([N+](=O)[O-])c2)cc1C(=O)OC. The third-order valence-corrected chi connectivity index (χ3v) is 3.07. The van der Waals surface area contributed by atoms with E-state index in [0.717, 1.165) is 0 Å². The largest absolute Gasteiger partial charge is 0.465 e. The number of hydrogen-bond donors (Lipinski definition) is 0. The van der Waals surface area contributed by atoms with E-state index in [-0.39, 0.29) is 28.3 Å². The molecule has 0 aromatic heterocycles. The minimum atomic E-state index is -0.736. The number of carbonyl (C=O) groups excluding carboxylic acids is 2. The van der Waals surface area contributed by atoms with Crippen LogP contribution in [0.5, 0.6) is 11.5 Å². The lowest BCUT2D eigenvalue weighted by Crippen LogP contribution is -2.11. The van der Waals surface area contributed by atoms with E-state index in [0.29, 0.717) is 0 Å². The molecule has 2 aromatic rings. The van der Waals surface area contributed by atoms with Gasteiger partial charge in [-0.2, -0.15) is 0 Å². The standard InChI is InChI=1S/C16H13NO7/c1-22-15(18)13-7-6-12(9-14(13)16(19)23-2)24-11-5-3-4-10(8-11)17(20)21/h3-9H,1-2H3. The fraction of sp³-hybridized carbons (Fsp3) is 0.125. The molecule has 0 amide bonds. The highest BCUT2D eigenvalue weighted by Crippen LogP contribution is 2.27. The number of methoxy groups -OCH3 is 2. The Bertz CT molecular complexity index is 801. The molecular formula is C16H13NO7. The minimum Gasteiger partial charge on any atom is -0.465 e. The predicted molar refractivity (Wildman–Crippen MR) is 82.3 cm³/mol. The molecule has 2 rings (SSSR count). The van der Waals surface area contributed by atoms with Crippen LogP contribution in [0.2, 0.25) is 0 Å². The highest BCUT2D eigenvalue weighted by atomic mass is 16.6. The molecule has 0 aliphatic heterocycles. The molecule has 2 aromatic carbocycles. The molecule has 124 valence electrons. The van der Waals surface area contributed by atoms with Crippen LogP contribution in [0, 0.1) is 10.1 Å². The summed E-state index contributed by atoms with van der Waals surface area (Å²) in [6.45, 7) is 0. The van der Waals surface area contributed by atoms with E-state index in [1.807, 2.05) is 0 Å². The normalized spacial score (nSPS) is 9.92. The Morgan fingerprint density at radius 3 is 2.17 bits per heavy atom. The first kappa shape index (κ1) is 16.9. The second-order valence-electron chi connectivity index (χ2n) is 4.55. The highest BCUT2D eigenvalue weighted by molar-refractivity contribution is 6.03. The zero-order chi connectivity index (χ0) is 17.7. The van der Waals surface area contributed by atoms with Gasteiger partial charge in [-0.15, -0.1) is 0 Å². The smallest absolute Gasteiger partial charge is 0.338 e. The molecule has 0 N–H and O–H groups in total. The fourth-order valence-corrected chi connectivity index (χ4v) is 1.95. The average Bonchev–Trinajstić information content (AvgIpc) is 2.60. The lowest BCUT2D eigenvalue weighted by Gasteiger charge is -2.10. The summed E-state index contributed by atoms with van der Waals surface area (Å²) in [4.78, 5) is 33.8. The minimum absolute atomic E-state index is 0.0238. The molecule has 8 nitrogen and oxygen atoms in total. The molecule has 0 spiro atoms. The Labute approximate surface area is 136 Å². The van der Waals surface area contributed by atoms with Crippen molar-refractivity contribution in [2.45, 2.75) is 0 Å². The molecule has 0 atom stereocenters. The zero-order valence-corrected chi connectivity index (χ0v) is 12.8. The lowest BCUT2D eigenvalue weighted by molar-refractivity contribution is -0.384. The monoisotopic (exact) mass is 331 g/mol. The van der Waals surface area contributed by atoms with Crippen molar-refractivity contribution in [2.24, 2.45) is 0 Å². The molecule has 0 fully saturated rings. The van der Waals surface area contributed by atoms with Crippen LogP contribution in [-0.4, -0.2) is 31.1 Å². The average molecular weight is 331 g/mol. The van der Waals surface area contributed by atoms with E-state index >= 15 is 0 Å². The Hall–Kier alpha value is -3.42. The van der Waals surface area contributed by atoms with Gasteiger partial charge in [0.15, 0.2) is 0 Å². The van der Waals surface area contributed by atoms with Crippen LogP contribution < -0.4 is 4.74 Å². The maximum Gasteiger partial charge on any atom is 0.338 e. The molecule has 0 saturated heterocycles. The molecule has 0 aliphatic carbocycles. The Kier molecular flexibility index (Phi) is 5.10. The highest BCUT2D eigenvalue weighted by Gasteiger charge is 2.19. The van der Waals surface area contributed by atoms with Crippen LogP contribution in [-0.2, 0) is 9.47 Å². The summed E-state index contributed by atoms with van der Waals surface area (Å²) >= 11 is 0. The van der Waals surface area contributed by atoms with E-state index in [9.17, 15) is 19.7 Å². The van der Waals surface area contributed by atoms with E-state index in [1.165, 1.54) is 56.7 Å². The maximum absolute atomic E-state index is 11.8. The van der Waals surface area contributed by atoms with Crippen LogP contribution in [0.1, 0.15) is 20.7 Å². The van der Waals surface area contributed by atoms with Gasteiger partial charge in [-0.3, -0.25) is 10.1 Å². The zero-order valence-electron chi connectivity index (χ0n) is 12.8. The van der Waals surface area contributed by atoms with Crippen LogP contribution in [0.4, 0.5) is 5.69 Å². The van der Waals surface area contributed by atoms with Gasteiger partial charge in [-0.05, 0) is 24.3 Å². The summed E-state index contributed by atoms with van der Waals surface area (Å²) < 4.78 is 14.8. The van der Waals surface area contributed by atoms with Gasteiger partial charge in [0.05, 0.1) is 36.3 Å². The predicted octanol–water partition coefficient (Wildman–Crippen LogP) is 2.96. The number of esters is 2. The fourth-order valence-electron chi connectivity index (χ4n) is 1.95. The van der Waals surface area contributed by atoms with Gasteiger partial charge in [-0.25, -0.2) is 9.59 Å². The number of benzene rings is 2. The number of hydrogen-bond acceptors (Lipinski definition) is 7. The molecule has 0 heterocycles. The number of nitro benzene ring substituents is 1. The summed E-state index contributed by atoms with van der Waals surface area (Å²) in [5, 5.41) is 10.8. The van der Waals surface area contributed by atoms with Crippen molar-refractivity contribution < 1.29 is 28.7 Å². The van der Waals surface area contributed by atoms with Crippen molar-refractivity contribution in [1.82, 2.24) is 0 Å². The van der Waals surface area contributed by atoms with Crippen LogP contribution >= 0.6 is 0 Å². The lowest BCUT2D eigenvalue weighted by atomic mass is 10.1. The first-order chi connectivity index (χ1) is 11.5. The molecule has 24 heavy (non-hydrogen) atoms. The second-order valence-corrected chi connectivity index (χ2v) is 4.55. The van der Waals surface area contributed by atoms with E-state index in [2.05, 4.69) is 9.47 Å². The molecule has 0 unspecified atom stereocenters. The van der Waals surface area contributed by atoms with Gasteiger partial charge >= 0.3 is 11.9 Å². The molecule has 0 saturated carbocycles. The maximum atomic E-state index is 11.8. The Morgan fingerprint density at radius 2 is 1.54 bits per heavy atom. The van der Waals surface area contributed by atoms with Crippen molar-refractivity contribution in [3.05, 3.63) is 63.7 Å². The van der Waals surface area contributed by atoms with Gasteiger partial charge in [0.2, 0.25) is 0 Å². The second kappa shape index (κ2) is 7.23. The van der Waals surface area contributed by atoms with E-state index in [4.69, 9.17) is 4.74 Å². The van der Waals surface area contributed by atoms with E-state index in [1.54, 1.807) is 0 Å². The summed E-state index contributed by atoms with van der Waals surface area (Å²) in [7, 11) is 2.37. The van der Waals surface area contributed by atoms with E-state index < -0.39 is 16.9 Å². The van der Waals surface area contributed by atoms with Crippen molar-refractivity contribution in [3.8, 4) is 11.5 Å². The first-order valence-electron chi connectivity index (χ1n) is 6.69. The van der Waals surface area contributed by atoms with Gasteiger partial charge in [-0.1, -0.05) is 6.07 Å². The third-order valence-electron chi connectivity index (χ3n) is 3.07. The summed E-state index contributed by atoms with van der Waals surface area (Å²) in [6.07, 6.45) is 0. The van der Waals surface area contributed by atoms with Crippen molar-refractivity contribution >= 4 is 17.6 Å². The molecule has 0 bridgehead atoms. The Balaban J connectivity index is 2.38. The number of nitrogens with zero attached hydrogens (tertiary/aromatic N) is 1. The van der Waals surface area contributed by atoms with Crippen molar-refractivity contribution in [1.29, 1.82) is 0 Å². The van der Waals surface area contributed by atoms with Crippen LogP contribution in [0.25, 0.3) is 0 Å². The number of carbonyl (C=O) groups is 2. The quantitative estimate of drug-likeness (QED) is 0.471. The van der Waals surface area contributed by atoms with Crippen molar-refractivity contribution in [3.63, 3.8) is 0 Å². The van der Waals surface area contributed by atoms with Crippen LogP contribution in [0.15, 0.2) is 42.5 Å². The van der Waals surface area contributed by atoms with Gasteiger partial charge in [0.1, 0.15) is 11.5 Å². The number of non-ortho nitro benzene ring substituents is 1. The van der Waals surface area contributed by atoms with Gasteiger partial charge in [0.25, 0.3) is 5.69 Å². The summed E-state index contributed by atoms with van der Waals surface area (Å²) in [6, 6.07) is 9.66. The summed E-state index contributed by atoms with van der Waals surface area (Å²) in [5.41, 5.74) is -0.144.